The fourth-order valence-corrected chi connectivity index (χ4v) is 3.97. The SMILES string of the molecule is COc1ccc(-c2[nH]c3ccccc3c2CCNCCc2ccc(O)c(F)c2)cc1OC. The molecule has 0 amide bonds. The van der Waals surface area contributed by atoms with Gasteiger partial charge in [0.2, 0.25) is 0 Å². The predicted molar refractivity (Wildman–Crippen MR) is 125 cm³/mol. The first-order chi connectivity index (χ1) is 15.6. The van der Waals surface area contributed by atoms with Crippen molar-refractivity contribution in [3.05, 3.63) is 77.6 Å². The maximum absolute atomic E-state index is 13.5. The summed E-state index contributed by atoms with van der Waals surface area (Å²) in [6, 6.07) is 18.7. The average molecular weight is 435 g/mol. The second-order valence-corrected chi connectivity index (χ2v) is 7.63. The van der Waals surface area contributed by atoms with E-state index in [4.69, 9.17) is 9.47 Å². The van der Waals surface area contributed by atoms with Crippen molar-refractivity contribution in [3.63, 3.8) is 0 Å². The number of benzene rings is 3. The van der Waals surface area contributed by atoms with Crippen molar-refractivity contribution in [2.45, 2.75) is 12.8 Å². The lowest BCUT2D eigenvalue weighted by Gasteiger charge is -2.11. The number of aromatic nitrogens is 1. The standard InChI is InChI=1S/C26H27FN2O3/c1-31-24-10-8-18(16-25(24)32-2)26-20(19-5-3-4-6-22(19)29-26)12-14-28-13-11-17-7-9-23(30)21(27)15-17/h3-10,15-16,28-30H,11-14H2,1-2H3. The van der Waals surface area contributed by atoms with E-state index in [9.17, 15) is 9.50 Å². The third kappa shape index (κ3) is 4.55. The maximum atomic E-state index is 13.5. The highest BCUT2D eigenvalue weighted by atomic mass is 19.1. The zero-order valence-corrected chi connectivity index (χ0v) is 18.2. The number of ether oxygens (including phenoxy) is 2. The van der Waals surface area contributed by atoms with E-state index in [2.05, 4.69) is 22.4 Å². The fraction of sp³-hybridized carbons (Fsp3) is 0.231. The molecule has 3 aromatic carbocycles. The Balaban J connectivity index is 1.50. The number of para-hydroxylation sites is 1. The summed E-state index contributed by atoms with van der Waals surface area (Å²) in [7, 11) is 3.27. The van der Waals surface area contributed by atoms with Gasteiger partial charge in [0.25, 0.3) is 0 Å². The van der Waals surface area contributed by atoms with Crippen molar-refractivity contribution in [1.29, 1.82) is 0 Å². The molecule has 6 heteroatoms. The maximum Gasteiger partial charge on any atom is 0.165 e. The molecule has 0 bridgehead atoms. The van der Waals surface area contributed by atoms with Crippen LogP contribution in [0.15, 0.2) is 60.7 Å². The number of nitrogens with one attached hydrogen (secondary N) is 2. The summed E-state index contributed by atoms with van der Waals surface area (Å²) in [4.78, 5) is 3.56. The molecule has 4 rings (SSSR count). The van der Waals surface area contributed by atoms with Crippen LogP contribution in [0.5, 0.6) is 17.2 Å². The van der Waals surface area contributed by atoms with E-state index in [1.165, 1.54) is 23.1 Å². The van der Waals surface area contributed by atoms with E-state index in [1.54, 1.807) is 20.3 Å². The third-order valence-electron chi connectivity index (χ3n) is 5.64. The van der Waals surface area contributed by atoms with Crippen molar-refractivity contribution in [2.75, 3.05) is 27.3 Å². The van der Waals surface area contributed by atoms with Crippen LogP contribution in [0.1, 0.15) is 11.1 Å². The first-order valence-electron chi connectivity index (χ1n) is 10.6. The number of aromatic amines is 1. The average Bonchev–Trinajstić information content (AvgIpc) is 3.19. The van der Waals surface area contributed by atoms with Gasteiger partial charge >= 0.3 is 0 Å². The molecule has 0 fully saturated rings. The van der Waals surface area contributed by atoms with Gasteiger partial charge in [-0.05, 0) is 73.5 Å². The molecule has 1 heterocycles. The molecular formula is C26H27FN2O3. The Morgan fingerprint density at radius 1 is 0.906 bits per heavy atom. The van der Waals surface area contributed by atoms with E-state index in [0.29, 0.717) is 17.9 Å². The highest BCUT2D eigenvalue weighted by Crippen LogP contribution is 2.36. The molecule has 1 aromatic heterocycles. The Bertz CT molecular complexity index is 1220. The van der Waals surface area contributed by atoms with E-state index < -0.39 is 5.82 Å². The minimum absolute atomic E-state index is 0.316. The first-order valence-corrected chi connectivity index (χ1v) is 10.6. The van der Waals surface area contributed by atoms with Gasteiger partial charge < -0.3 is 24.9 Å². The summed E-state index contributed by atoms with van der Waals surface area (Å²) >= 11 is 0. The third-order valence-corrected chi connectivity index (χ3v) is 5.64. The smallest absolute Gasteiger partial charge is 0.165 e. The summed E-state index contributed by atoms with van der Waals surface area (Å²) in [5.74, 6) is 0.486. The summed E-state index contributed by atoms with van der Waals surface area (Å²) in [6.45, 7) is 1.50. The summed E-state index contributed by atoms with van der Waals surface area (Å²) in [5, 5.41) is 14.0. The van der Waals surface area contributed by atoms with E-state index in [0.717, 1.165) is 41.8 Å². The first kappa shape index (κ1) is 21.7. The minimum atomic E-state index is -0.583. The Morgan fingerprint density at radius 3 is 2.47 bits per heavy atom. The lowest BCUT2D eigenvalue weighted by atomic mass is 10.0. The van der Waals surface area contributed by atoms with Gasteiger partial charge in [0.1, 0.15) is 0 Å². The molecular weight excluding hydrogens is 407 g/mol. The van der Waals surface area contributed by atoms with Gasteiger partial charge in [-0.15, -0.1) is 0 Å². The van der Waals surface area contributed by atoms with Crippen LogP contribution in [0, 0.1) is 5.82 Å². The van der Waals surface area contributed by atoms with Crippen LogP contribution in [0.4, 0.5) is 4.39 Å². The fourth-order valence-electron chi connectivity index (χ4n) is 3.97. The molecule has 4 aromatic rings. The summed E-state index contributed by atoms with van der Waals surface area (Å²) in [5.41, 5.74) is 5.27. The van der Waals surface area contributed by atoms with Gasteiger partial charge in [0.15, 0.2) is 23.1 Å². The molecule has 0 atom stereocenters. The summed E-state index contributed by atoms with van der Waals surface area (Å²) < 4.78 is 24.4. The van der Waals surface area contributed by atoms with E-state index >= 15 is 0 Å². The van der Waals surface area contributed by atoms with E-state index in [1.807, 2.05) is 30.3 Å². The van der Waals surface area contributed by atoms with E-state index in [-0.39, 0.29) is 5.75 Å². The molecule has 0 aliphatic rings. The molecule has 5 nitrogen and oxygen atoms in total. The van der Waals surface area contributed by atoms with Gasteiger partial charge in [-0.2, -0.15) is 0 Å². The van der Waals surface area contributed by atoms with Crippen LogP contribution < -0.4 is 14.8 Å². The zero-order valence-electron chi connectivity index (χ0n) is 18.2. The molecule has 0 aliphatic heterocycles. The number of halogens is 1. The molecule has 3 N–H and O–H groups in total. The Morgan fingerprint density at radius 2 is 1.69 bits per heavy atom. The molecule has 0 aliphatic carbocycles. The number of fused-ring (bicyclic) bond motifs is 1. The minimum Gasteiger partial charge on any atom is -0.505 e. The second-order valence-electron chi connectivity index (χ2n) is 7.63. The van der Waals surface area contributed by atoms with Crippen molar-refractivity contribution in [3.8, 4) is 28.5 Å². The molecule has 0 unspecified atom stereocenters. The molecule has 0 spiro atoms. The van der Waals surface area contributed by atoms with Gasteiger partial charge in [0, 0.05) is 22.2 Å². The largest absolute Gasteiger partial charge is 0.505 e. The normalized spacial score (nSPS) is 11.1. The van der Waals surface area contributed by atoms with Crippen molar-refractivity contribution in [1.82, 2.24) is 10.3 Å². The zero-order chi connectivity index (χ0) is 22.5. The molecule has 0 radical (unpaired) electrons. The quantitative estimate of drug-likeness (QED) is 0.322. The van der Waals surface area contributed by atoms with Gasteiger partial charge in [0.05, 0.1) is 14.2 Å². The summed E-state index contributed by atoms with van der Waals surface area (Å²) in [6.07, 6.45) is 1.52. The Hall–Kier alpha value is -3.51. The molecule has 32 heavy (non-hydrogen) atoms. The van der Waals surface area contributed by atoms with Crippen LogP contribution in [-0.4, -0.2) is 37.4 Å². The number of phenolic OH excluding ortho intramolecular Hbond substituents is 1. The lowest BCUT2D eigenvalue weighted by Crippen LogP contribution is -2.20. The van der Waals surface area contributed by atoms with Gasteiger partial charge in [-0.1, -0.05) is 24.3 Å². The van der Waals surface area contributed by atoms with Crippen LogP contribution in [0.3, 0.4) is 0 Å². The second kappa shape index (κ2) is 9.75. The van der Waals surface area contributed by atoms with Crippen molar-refractivity contribution in [2.24, 2.45) is 0 Å². The van der Waals surface area contributed by atoms with Gasteiger partial charge in [-0.25, -0.2) is 4.39 Å². The van der Waals surface area contributed by atoms with Crippen LogP contribution in [0.25, 0.3) is 22.2 Å². The monoisotopic (exact) mass is 434 g/mol. The number of aromatic hydroxyl groups is 1. The molecule has 0 saturated heterocycles. The molecule has 0 saturated carbocycles. The van der Waals surface area contributed by atoms with Crippen molar-refractivity contribution >= 4 is 10.9 Å². The number of hydrogen-bond acceptors (Lipinski definition) is 4. The lowest BCUT2D eigenvalue weighted by molar-refractivity contribution is 0.355. The number of hydrogen-bond donors (Lipinski definition) is 3. The highest BCUT2D eigenvalue weighted by Gasteiger charge is 2.15. The van der Waals surface area contributed by atoms with Crippen LogP contribution in [0.2, 0.25) is 0 Å². The van der Waals surface area contributed by atoms with Crippen molar-refractivity contribution < 1.29 is 19.0 Å². The topological polar surface area (TPSA) is 66.5 Å². The Labute approximate surface area is 186 Å². The highest BCUT2D eigenvalue weighted by molar-refractivity contribution is 5.91. The predicted octanol–water partition coefficient (Wildman–Crippen LogP) is 5.07. The van der Waals surface area contributed by atoms with Crippen LogP contribution >= 0.6 is 0 Å². The Kier molecular flexibility index (Phi) is 6.61. The number of H-pyrrole nitrogens is 1. The number of rotatable bonds is 9. The van der Waals surface area contributed by atoms with Crippen LogP contribution in [-0.2, 0) is 12.8 Å². The number of phenols is 1. The van der Waals surface area contributed by atoms with Gasteiger partial charge in [-0.3, -0.25) is 0 Å². The molecule has 166 valence electrons. The number of methoxy groups -OCH3 is 2.